The van der Waals surface area contributed by atoms with Crippen molar-refractivity contribution in [1.82, 2.24) is 0 Å². The Balaban J connectivity index is 2.77. The molecule has 0 spiro atoms. The van der Waals surface area contributed by atoms with Crippen LogP contribution in [0, 0.1) is 5.92 Å². The minimum atomic E-state index is -0.941. The van der Waals surface area contributed by atoms with Crippen LogP contribution in [0.25, 0.3) is 0 Å². The highest BCUT2D eigenvalue weighted by Gasteiger charge is 2.43. The van der Waals surface area contributed by atoms with Crippen LogP contribution in [-0.4, -0.2) is 21.9 Å². The van der Waals surface area contributed by atoms with Crippen molar-refractivity contribution >= 4 is 18.6 Å². The third kappa shape index (κ3) is 1.99. The van der Waals surface area contributed by atoms with Gasteiger partial charge in [-0.25, -0.2) is 0 Å². The first-order valence-corrected chi connectivity index (χ1v) is 5.14. The molecule has 1 saturated carbocycles. The van der Waals surface area contributed by atoms with Crippen LogP contribution in [0.5, 0.6) is 0 Å². The van der Waals surface area contributed by atoms with Gasteiger partial charge in [-0.2, -0.15) is 12.6 Å². The van der Waals surface area contributed by atoms with Crippen molar-refractivity contribution in [1.29, 1.82) is 0 Å². The average molecular weight is 203 g/mol. The van der Waals surface area contributed by atoms with Gasteiger partial charge in [0.25, 0.3) is 0 Å². The van der Waals surface area contributed by atoms with Gasteiger partial charge in [-0.15, -0.1) is 0 Å². The first-order chi connectivity index (χ1) is 5.98. The van der Waals surface area contributed by atoms with Crippen LogP contribution in [0.3, 0.4) is 0 Å². The van der Waals surface area contributed by atoms with Crippen LogP contribution in [0.4, 0.5) is 0 Å². The van der Waals surface area contributed by atoms with Crippen molar-refractivity contribution in [2.75, 3.05) is 0 Å². The number of nitrogens with two attached hydrogens (primary N) is 1. The van der Waals surface area contributed by atoms with E-state index in [2.05, 4.69) is 12.6 Å². The SMILES string of the molecule is CC1CCCCC1(S)C(N)C(=O)O. The maximum absolute atomic E-state index is 10.8. The summed E-state index contributed by atoms with van der Waals surface area (Å²) < 4.78 is -0.510. The summed E-state index contributed by atoms with van der Waals surface area (Å²) in [4.78, 5) is 10.8. The van der Waals surface area contributed by atoms with Gasteiger partial charge in [-0.3, -0.25) is 4.79 Å². The van der Waals surface area contributed by atoms with Crippen molar-refractivity contribution in [3.05, 3.63) is 0 Å². The third-order valence-electron chi connectivity index (χ3n) is 3.12. The minimum absolute atomic E-state index is 0.288. The maximum atomic E-state index is 10.8. The Kier molecular flexibility index (Phi) is 3.24. The summed E-state index contributed by atoms with van der Waals surface area (Å²) in [6.07, 6.45) is 4.04. The molecule has 0 aromatic heterocycles. The van der Waals surface area contributed by atoms with Gasteiger partial charge >= 0.3 is 5.97 Å². The van der Waals surface area contributed by atoms with Crippen molar-refractivity contribution in [2.45, 2.75) is 43.4 Å². The zero-order chi connectivity index (χ0) is 10.1. The molecule has 0 radical (unpaired) electrons. The molecular formula is C9H17NO2S. The lowest BCUT2D eigenvalue weighted by Crippen LogP contribution is -2.54. The fraction of sp³-hybridized carbons (Fsp3) is 0.889. The van der Waals surface area contributed by atoms with E-state index in [0.717, 1.165) is 25.7 Å². The third-order valence-corrected chi connectivity index (χ3v) is 4.06. The van der Waals surface area contributed by atoms with Crippen molar-refractivity contribution < 1.29 is 9.90 Å². The van der Waals surface area contributed by atoms with E-state index in [1.54, 1.807) is 0 Å². The van der Waals surface area contributed by atoms with E-state index in [1.165, 1.54) is 0 Å². The molecule has 3 atom stereocenters. The van der Waals surface area contributed by atoms with Crippen molar-refractivity contribution in [3.8, 4) is 0 Å². The molecule has 76 valence electrons. The minimum Gasteiger partial charge on any atom is -0.480 e. The molecule has 0 bridgehead atoms. The van der Waals surface area contributed by atoms with Gasteiger partial charge in [0.1, 0.15) is 6.04 Å². The molecule has 13 heavy (non-hydrogen) atoms. The molecule has 3 N–H and O–H groups in total. The quantitative estimate of drug-likeness (QED) is 0.592. The number of hydrogen-bond donors (Lipinski definition) is 3. The van der Waals surface area contributed by atoms with Crippen LogP contribution in [0.15, 0.2) is 0 Å². The van der Waals surface area contributed by atoms with Gasteiger partial charge in [0.15, 0.2) is 0 Å². The number of aliphatic carboxylic acids is 1. The number of thiol groups is 1. The van der Waals surface area contributed by atoms with Crippen LogP contribution >= 0.6 is 12.6 Å². The summed E-state index contributed by atoms with van der Waals surface area (Å²) in [5, 5.41) is 8.84. The molecule has 0 aromatic rings. The van der Waals surface area contributed by atoms with Gasteiger partial charge in [-0.1, -0.05) is 19.8 Å². The zero-order valence-corrected chi connectivity index (χ0v) is 8.76. The van der Waals surface area contributed by atoms with E-state index in [1.807, 2.05) is 6.92 Å². The fourth-order valence-electron chi connectivity index (χ4n) is 2.03. The lowest BCUT2D eigenvalue weighted by Gasteiger charge is -2.41. The molecule has 1 aliphatic rings. The second-order valence-electron chi connectivity index (χ2n) is 3.95. The molecule has 1 aliphatic carbocycles. The van der Waals surface area contributed by atoms with E-state index < -0.39 is 16.8 Å². The molecule has 0 aromatic carbocycles. The summed E-state index contributed by atoms with van der Waals surface area (Å²) in [7, 11) is 0. The molecule has 4 heteroatoms. The van der Waals surface area contributed by atoms with E-state index in [9.17, 15) is 4.79 Å². The molecule has 1 rings (SSSR count). The molecule has 0 aliphatic heterocycles. The highest BCUT2D eigenvalue weighted by atomic mass is 32.1. The Morgan fingerprint density at radius 2 is 2.31 bits per heavy atom. The van der Waals surface area contributed by atoms with Gasteiger partial charge < -0.3 is 10.8 Å². The number of carbonyl (C=O) groups is 1. The summed E-state index contributed by atoms with van der Waals surface area (Å²) in [6, 6.07) is -0.842. The van der Waals surface area contributed by atoms with Gasteiger partial charge in [-0.05, 0) is 18.8 Å². The fourth-order valence-corrected chi connectivity index (χ4v) is 2.43. The van der Waals surface area contributed by atoms with Gasteiger partial charge in [0.2, 0.25) is 0 Å². The summed E-state index contributed by atoms with van der Waals surface area (Å²) >= 11 is 4.47. The van der Waals surface area contributed by atoms with Crippen LogP contribution in [-0.2, 0) is 4.79 Å². The standard InChI is InChI=1S/C9H17NO2S/c1-6-4-2-3-5-9(6,13)7(10)8(11)12/h6-7,13H,2-5,10H2,1H3,(H,11,12). The monoisotopic (exact) mass is 203 g/mol. The highest BCUT2D eigenvalue weighted by Crippen LogP contribution is 2.40. The van der Waals surface area contributed by atoms with Gasteiger partial charge in [0, 0.05) is 4.75 Å². The molecule has 0 heterocycles. The van der Waals surface area contributed by atoms with Crippen LogP contribution < -0.4 is 5.73 Å². The predicted octanol–water partition coefficient (Wildman–Crippen LogP) is 1.28. The predicted molar refractivity (Wildman–Crippen MR) is 55.0 cm³/mol. The topological polar surface area (TPSA) is 63.3 Å². The molecular weight excluding hydrogens is 186 g/mol. The number of rotatable bonds is 2. The first kappa shape index (κ1) is 10.9. The maximum Gasteiger partial charge on any atom is 0.321 e. The average Bonchev–Trinajstić information content (AvgIpc) is 2.09. The molecule has 0 saturated heterocycles. The van der Waals surface area contributed by atoms with Crippen molar-refractivity contribution in [2.24, 2.45) is 11.7 Å². The summed E-state index contributed by atoms with van der Waals surface area (Å²) in [6.45, 7) is 2.04. The molecule has 3 unspecified atom stereocenters. The molecule has 3 nitrogen and oxygen atoms in total. The van der Waals surface area contributed by atoms with Gasteiger partial charge in [0.05, 0.1) is 0 Å². The molecule has 0 amide bonds. The Labute approximate surface area is 84.1 Å². The zero-order valence-electron chi connectivity index (χ0n) is 7.86. The smallest absolute Gasteiger partial charge is 0.321 e. The van der Waals surface area contributed by atoms with E-state index in [0.29, 0.717) is 0 Å². The lowest BCUT2D eigenvalue weighted by atomic mass is 9.75. The van der Waals surface area contributed by atoms with E-state index >= 15 is 0 Å². The Morgan fingerprint density at radius 1 is 1.69 bits per heavy atom. The number of hydrogen-bond acceptors (Lipinski definition) is 3. The Morgan fingerprint density at radius 3 is 2.77 bits per heavy atom. The van der Waals surface area contributed by atoms with Crippen LogP contribution in [0.1, 0.15) is 32.6 Å². The summed E-state index contributed by atoms with van der Waals surface area (Å²) in [5.41, 5.74) is 5.64. The Hall–Kier alpha value is -0.220. The summed E-state index contributed by atoms with van der Waals surface area (Å²) in [5.74, 6) is -0.653. The lowest BCUT2D eigenvalue weighted by molar-refractivity contribution is -0.140. The number of carboxylic acids is 1. The Bertz CT molecular complexity index is 210. The largest absolute Gasteiger partial charge is 0.480 e. The van der Waals surface area contributed by atoms with Crippen molar-refractivity contribution in [3.63, 3.8) is 0 Å². The van der Waals surface area contributed by atoms with Crippen LogP contribution in [0.2, 0.25) is 0 Å². The first-order valence-electron chi connectivity index (χ1n) is 4.69. The molecule has 1 fully saturated rings. The van der Waals surface area contributed by atoms with E-state index in [-0.39, 0.29) is 5.92 Å². The highest BCUT2D eigenvalue weighted by molar-refractivity contribution is 7.82. The van der Waals surface area contributed by atoms with E-state index in [4.69, 9.17) is 10.8 Å². The second kappa shape index (κ2) is 3.88. The normalized spacial score (nSPS) is 37.0. The second-order valence-corrected chi connectivity index (χ2v) is 4.79. The number of carboxylic acid groups (broad SMARTS) is 1.